The third kappa shape index (κ3) is 3.68. The van der Waals surface area contributed by atoms with Gasteiger partial charge in [-0.15, -0.1) is 11.3 Å². The third-order valence-corrected chi connectivity index (χ3v) is 4.99. The van der Waals surface area contributed by atoms with Crippen molar-refractivity contribution in [3.63, 3.8) is 0 Å². The summed E-state index contributed by atoms with van der Waals surface area (Å²) < 4.78 is 18.8. The number of ether oxygens (including phenoxy) is 1. The Hall–Kier alpha value is -2.12. The summed E-state index contributed by atoms with van der Waals surface area (Å²) in [5.41, 5.74) is 1.35. The highest BCUT2D eigenvalue weighted by Crippen LogP contribution is 2.29. The van der Waals surface area contributed by atoms with E-state index in [9.17, 15) is 9.18 Å². The topological polar surface area (TPSA) is 44.8 Å². The Kier molecular flexibility index (Phi) is 5.01. The second kappa shape index (κ2) is 7.19. The van der Waals surface area contributed by atoms with Crippen molar-refractivity contribution in [3.8, 4) is 5.75 Å². The molecule has 1 aliphatic heterocycles. The fourth-order valence-corrected chi connectivity index (χ4v) is 3.41. The average molecular weight is 349 g/mol. The van der Waals surface area contributed by atoms with Crippen molar-refractivity contribution in [2.24, 2.45) is 0 Å². The number of amides is 1. The van der Waals surface area contributed by atoms with E-state index >= 15 is 0 Å². The van der Waals surface area contributed by atoms with E-state index in [1.54, 1.807) is 24.6 Å². The number of rotatable bonds is 4. The number of hydrogen-bond acceptors (Lipinski definition) is 5. The fraction of sp³-hybridized carbons (Fsp3) is 0.353. The fourth-order valence-electron chi connectivity index (χ4n) is 2.66. The molecule has 1 amide bonds. The molecule has 0 radical (unpaired) electrons. The smallest absolute Gasteiger partial charge is 0.265 e. The van der Waals surface area contributed by atoms with Crippen LogP contribution in [0.2, 0.25) is 0 Å². The number of carbonyl (C=O) groups is 1. The lowest BCUT2D eigenvalue weighted by Crippen LogP contribution is -2.44. The van der Waals surface area contributed by atoms with Crippen LogP contribution in [-0.4, -0.2) is 51.1 Å². The van der Waals surface area contributed by atoms with E-state index in [0.717, 1.165) is 31.9 Å². The van der Waals surface area contributed by atoms with Gasteiger partial charge in [-0.1, -0.05) is 0 Å². The van der Waals surface area contributed by atoms with Gasteiger partial charge in [-0.3, -0.25) is 4.79 Å². The summed E-state index contributed by atoms with van der Waals surface area (Å²) >= 11 is 1.30. The van der Waals surface area contributed by atoms with Crippen molar-refractivity contribution < 1.29 is 13.9 Å². The van der Waals surface area contributed by atoms with Crippen LogP contribution in [0.5, 0.6) is 5.75 Å². The van der Waals surface area contributed by atoms with Crippen LogP contribution in [0.4, 0.5) is 15.8 Å². The maximum atomic E-state index is 13.7. The van der Waals surface area contributed by atoms with Gasteiger partial charge in [-0.25, -0.2) is 4.39 Å². The van der Waals surface area contributed by atoms with Gasteiger partial charge in [0.25, 0.3) is 5.91 Å². The van der Waals surface area contributed by atoms with E-state index in [-0.39, 0.29) is 11.7 Å². The molecule has 3 rings (SSSR count). The minimum absolute atomic E-state index is 0.260. The summed E-state index contributed by atoms with van der Waals surface area (Å²) in [6, 6.07) is 6.20. The second-order valence-corrected chi connectivity index (χ2v) is 6.67. The molecule has 0 saturated carbocycles. The van der Waals surface area contributed by atoms with Crippen LogP contribution in [0, 0.1) is 5.82 Å². The largest absolute Gasteiger partial charge is 0.496 e. The lowest BCUT2D eigenvalue weighted by molar-refractivity contribution is 0.103. The Morgan fingerprint density at radius 1 is 1.25 bits per heavy atom. The number of likely N-dealkylation sites (N-methyl/N-ethyl adjacent to an activating group) is 1. The minimum Gasteiger partial charge on any atom is -0.496 e. The summed E-state index contributed by atoms with van der Waals surface area (Å²) in [6.07, 6.45) is 0. The molecular weight excluding hydrogens is 329 g/mol. The SMILES string of the molecule is COc1csc(C(=O)Nc2cc(F)ccc2N2CCN(C)CC2)c1. The number of piperazine rings is 1. The standard InChI is InChI=1S/C17H20FN3O2S/c1-20-5-7-21(8-6-20)15-4-3-12(18)9-14(15)19-17(22)16-10-13(23-2)11-24-16/h3-4,9-11H,5-8H2,1-2H3,(H,19,22). The molecule has 128 valence electrons. The van der Waals surface area contributed by atoms with Crippen LogP contribution in [0.25, 0.3) is 0 Å². The zero-order valence-electron chi connectivity index (χ0n) is 13.7. The number of nitrogens with zero attached hydrogens (tertiary/aromatic N) is 2. The molecule has 1 aromatic heterocycles. The van der Waals surface area contributed by atoms with Gasteiger partial charge in [0.2, 0.25) is 0 Å². The van der Waals surface area contributed by atoms with Crippen LogP contribution in [0.1, 0.15) is 9.67 Å². The Morgan fingerprint density at radius 2 is 2.00 bits per heavy atom. The van der Waals surface area contributed by atoms with Crippen molar-refractivity contribution in [1.82, 2.24) is 4.90 Å². The van der Waals surface area contributed by atoms with Gasteiger partial charge in [0, 0.05) is 37.6 Å². The number of anilines is 2. The zero-order chi connectivity index (χ0) is 17.1. The average Bonchev–Trinajstić information content (AvgIpc) is 3.05. The lowest BCUT2D eigenvalue weighted by Gasteiger charge is -2.35. The Labute approximate surface area is 144 Å². The van der Waals surface area contributed by atoms with Gasteiger partial charge in [-0.2, -0.15) is 0 Å². The number of nitrogens with one attached hydrogen (secondary N) is 1. The monoisotopic (exact) mass is 349 g/mol. The molecular formula is C17H20FN3O2S. The molecule has 0 aliphatic carbocycles. The molecule has 1 N–H and O–H groups in total. The molecule has 0 spiro atoms. The molecule has 0 atom stereocenters. The summed E-state index contributed by atoms with van der Waals surface area (Å²) in [7, 11) is 3.64. The number of methoxy groups -OCH3 is 1. The number of carbonyl (C=O) groups excluding carboxylic acids is 1. The van der Waals surface area contributed by atoms with Crippen LogP contribution in [0.15, 0.2) is 29.6 Å². The molecule has 1 saturated heterocycles. The van der Waals surface area contributed by atoms with Crippen LogP contribution >= 0.6 is 11.3 Å². The van der Waals surface area contributed by atoms with E-state index < -0.39 is 0 Å². The molecule has 0 bridgehead atoms. The molecule has 7 heteroatoms. The Morgan fingerprint density at radius 3 is 2.67 bits per heavy atom. The molecule has 0 unspecified atom stereocenters. The van der Waals surface area contributed by atoms with Gasteiger partial charge in [0.05, 0.1) is 23.4 Å². The van der Waals surface area contributed by atoms with E-state index in [4.69, 9.17) is 4.74 Å². The highest BCUT2D eigenvalue weighted by atomic mass is 32.1. The van der Waals surface area contributed by atoms with Gasteiger partial charge in [0.15, 0.2) is 0 Å². The van der Waals surface area contributed by atoms with Crippen molar-refractivity contribution >= 4 is 28.6 Å². The van der Waals surface area contributed by atoms with Gasteiger partial charge in [-0.05, 0) is 25.2 Å². The third-order valence-electron chi connectivity index (χ3n) is 4.09. The number of benzene rings is 1. The molecule has 1 fully saturated rings. The van der Waals surface area contributed by atoms with Crippen molar-refractivity contribution in [2.45, 2.75) is 0 Å². The predicted molar refractivity (Wildman–Crippen MR) is 94.9 cm³/mol. The summed E-state index contributed by atoms with van der Waals surface area (Å²) in [6.45, 7) is 3.56. The molecule has 1 aliphatic rings. The maximum absolute atomic E-state index is 13.7. The van der Waals surface area contributed by atoms with E-state index in [2.05, 4.69) is 22.2 Å². The van der Waals surface area contributed by atoms with Crippen molar-refractivity contribution in [3.05, 3.63) is 40.3 Å². The first-order chi connectivity index (χ1) is 11.6. The minimum atomic E-state index is -0.369. The van der Waals surface area contributed by atoms with Crippen LogP contribution in [-0.2, 0) is 0 Å². The van der Waals surface area contributed by atoms with Crippen molar-refractivity contribution in [1.29, 1.82) is 0 Å². The normalized spacial score (nSPS) is 15.4. The predicted octanol–water partition coefficient (Wildman–Crippen LogP) is 2.90. The van der Waals surface area contributed by atoms with Gasteiger partial charge >= 0.3 is 0 Å². The van der Waals surface area contributed by atoms with Crippen LogP contribution in [0.3, 0.4) is 0 Å². The number of hydrogen-bond donors (Lipinski definition) is 1. The first-order valence-corrected chi connectivity index (χ1v) is 8.61. The number of halogens is 1. The Balaban J connectivity index is 1.81. The lowest BCUT2D eigenvalue weighted by atomic mass is 10.2. The zero-order valence-corrected chi connectivity index (χ0v) is 14.5. The summed E-state index contributed by atoms with van der Waals surface area (Å²) in [5, 5.41) is 4.60. The van der Waals surface area contributed by atoms with Gasteiger partial charge in [0.1, 0.15) is 11.6 Å². The highest BCUT2D eigenvalue weighted by Gasteiger charge is 2.19. The second-order valence-electron chi connectivity index (χ2n) is 5.76. The molecule has 2 heterocycles. The molecule has 24 heavy (non-hydrogen) atoms. The summed E-state index contributed by atoms with van der Waals surface area (Å²) in [5.74, 6) is 0.0138. The summed E-state index contributed by atoms with van der Waals surface area (Å²) in [4.78, 5) is 17.4. The van der Waals surface area contributed by atoms with Crippen LogP contribution < -0.4 is 15.0 Å². The van der Waals surface area contributed by atoms with E-state index in [0.29, 0.717) is 16.3 Å². The van der Waals surface area contributed by atoms with E-state index in [1.807, 2.05) is 0 Å². The molecule has 1 aromatic carbocycles. The first kappa shape index (κ1) is 16.7. The van der Waals surface area contributed by atoms with E-state index in [1.165, 1.54) is 23.5 Å². The maximum Gasteiger partial charge on any atom is 0.265 e. The first-order valence-electron chi connectivity index (χ1n) is 7.74. The Bertz CT molecular complexity index is 726. The number of thiophene rings is 1. The molecule has 2 aromatic rings. The van der Waals surface area contributed by atoms with Gasteiger partial charge < -0.3 is 19.9 Å². The molecule has 5 nitrogen and oxygen atoms in total. The highest BCUT2D eigenvalue weighted by molar-refractivity contribution is 7.12. The van der Waals surface area contributed by atoms with Crippen molar-refractivity contribution in [2.75, 3.05) is 50.6 Å². The quantitative estimate of drug-likeness (QED) is 0.922.